The monoisotopic (exact) mass is 436 g/mol. The maximum atomic E-state index is 12.3. The Morgan fingerprint density at radius 2 is 1.63 bits per heavy atom. The fourth-order valence-corrected chi connectivity index (χ4v) is 3.60. The van der Waals surface area contributed by atoms with Crippen molar-refractivity contribution >= 4 is 29.6 Å². The van der Waals surface area contributed by atoms with Crippen LogP contribution in [0, 0.1) is 0 Å². The molecule has 0 saturated carbocycles. The Bertz CT molecular complexity index is 769. The number of anilines is 1. The van der Waals surface area contributed by atoms with E-state index < -0.39 is 23.4 Å². The van der Waals surface area contributed by atoms with Gasteiger partial charge in [-0.15, -0.1) is 0 Å². The second kappa shape index (κ2) is 9.51. The topological polar surface area (TPSA) is 106 Å². The molecule has 1 aliphatic heterocycles. The third-order valence-electron chi connectivity index (χ3n) is 3.87. The van der Waals surface area contributed by atoms with Crippen molar-refractivity contribution in [1.82, 2.24) is 15.5 Å². The zero-order chi connectivity index (χ0) is 22.5. The first-order valence-corrected chi connectivity index (χ1v) is 10.7. The minimum Gasteiger partial charge on any atom is -0.444 e. The molecule has 2 amide bonds. The van der Waals surface area contributed by atoms with Crippen LogP contribution in [-0.4, -0.2) is 40.3 Å². The SMILES string of the molecule is CC(C)(C)OC(=O)NCC(c1ccc(N)cc1)N1C=CSC1NC(=O)OC(C)(C)C. The molecule has 1 aromatic rings. The fraction of sp³-hybridized carbons (Fsp3) is 0.524. The van der Waals surface area contributed by atoms with Crippen molar-refractivity contribution in [2.45, 2.75) is 64.3 Å². The number of alkyl carbamates (subject to hydrolysis) is 2. The van der Waals surface area contributed by atoms with Crippen molar-refractivity contribution < 1.29 is 19.1 Å². The van der Waals surface area contributed by atoms with Crippen molar-refractivity contribution in [3.63, 3.8) is 0 Å². The molecule has 8 nitrogen and oxygen atoms in total. The number of hydrogen-bond acceptors (Lipinski definition) is 7. The number of nitrogens with one attached hydrogen (secondary N) is 2. The minimum atomic E-state index is -0.597. The molecule has 4 N–H and O–H groups in total. The summed E-state index contributed by atoms with van der Waals surface area (Å²) < 4.78 is 10.7. The molecule has 0 radical (unpaired) electrons. The molecular formula is C21H32N4O4S. The molecule has 9 heteroatoms. The summed E-state index contributed by atoms with van der Waals surface area (Å²) in [5.74, 6) is 0. The van der Waals surface area contributed by atoms with Crippen LogP contribution in [-0.2, 0) is 9.47 Å². The first-order valence-electron chi connectivity index (χ1n) is 9.75. The minimum absolute atomic E-state index is 0.260. The molecule has 0 spiro atoms. The summed E-state index contributed by atoms with van der Waals surface area (Å²) in [4.78, 5) is 26.4. The van der Waals surface area contributed by atoms with Crippen LogP contribution in [0.15, 0.2) is 35.9 Å². The maximum Gasteiger partial charge on any atom is 0.409 e. The number of hydrogen-bond donors (Lipinski definition) is 3. The molecule has 166 valence electrons. The standard InChI is InChI=1S/C21H32N4O4S/c1-20(2,3)28-18(26)23-13-16(14-7-9-15(22)10-8-14)25-11-12-30-17(25)24-19(27)29-21(4,5)6/h7-12,16-17H,13,22H2,1-6H3,(H,23,26)(H,24,27). The summed E-state index contributed by atoms with van der Waals surface area (Å²) >= 11 is 1.44. The van der Waals surface area contributed by atoms with Crippen LogP contribution < -0.4 is 16.4 Å². The van der Waals surface area contributed by atoms with E-state index in [1.807, 2.05) is 70.2 Å². The number of amides is 2. The predicted octanol–water partition coefficient (Wildman–Crippen LogP) is 4.16. The van der Waals surface area contributed by atoms with E-state index in [0.29, 0.717) is 5.69 Å². The number of rotatable bonds is 5. The van der Waals surface area contributed by atoms with Gasteiger partial charge in [0.15, 0.2) is 5.50 Å². The molecule has 2 rings (SSSR count). The van der Waals surface area contributed by atoms with Gasteiger partial charge < -0.3 is 25.4 Å². The van der Waals surface area contributed by atoms with Gasteiger partial charge in [-0.2, -0.15) is 0 Å². The lowest BCUT2D eigenvalue weighted by molar-refractivity contribution is 0.0452. The summed E-state index contributed by atoms with van der Waals surface area (Å²) in [7, 11) is 0. The number of thioether (sulfide) groups is 1. The summed E-state index contributed by atoms with van der Waals surface area (Å²) in [6.45, 7) is 11.1. The number of carbonyl (C=O) groups excluding carboxylic acids is 2. The third kappa shape index (κ3) is 7.70. The van der Waals surface area contributed by atoms with Crippen LogP contribution in [0.2, 0.25) is 0 Å². The van der Waals surface area contributed by atoms with Gasteiger partial charge in [-0.25, -0.2) is 9.59 Å². The highest BCUT2D eigenvalue weighted by Crippen LogP contribution is 2.33. The van der Waals surface area contributed by atoms with E-state index in [1.54, 1.807) is 12.1 Å². The van der Waals surface area contributed by atoms with Gasteiger partial charge >= 0.3 is 12.2 Å². The van der Waals surface area contributed by atoms with Crippen molar-refractivity contribution in [2.24, 2.45) is 0 Å². The van der Waals surface area contributed by atoms with Gasteiger partial charge in [-0.1, -0.05) is 23.9 Å². The number of carbonyl (C=O) groups is 2. The average molecular weight is 437 g/mol. The predicted molar refractivity (Wildman–Crippen MR) is 120 cm³/mol. The van der Waals surface area contributed by atoms with Gasteiger partial charge in [0.05, 0.1) is 6.04 Å². The molecule has 30 heavy (non-hydrogen) atoms. The van der Waals surface area contributed by atoms with Crippen molar-refractivity contribution in [1.29, 1.82) is 0 Å². The van der Waals surface area contributed by atoms with Gasteiger partial charge in [0.25, 0.3) is 0 Å². The van der Waals surface area contributed by atoms with Crippen LogP contribution in [0.5, 0.6) is 0 Å². The van der Waals surface area contributed by atoms with E-state index in [9.17, 15) is 9.59 Å². The number of benzene rings is 1. The molecule has 1 heterocycles. The summed E-state index contributed by atoms with van der Waals surface area (Å²) in [6, 6.07) is 7.15. The number of nitrogens with two attached hydrogens (primary N) is 1. The molecule has 0 aromatic heterocycles. The van der Waals surface area contributed by atoms with E-state index >= 15 is 0 Å². The third-order valence-corrected chi connectivity index (χ3v) is 4.77. The Kier molecular flexibility index (Phi) is 7.52. The molecule has 1 aliphatic rings. The molecular weight excluding hydrogens is 404 g/mol. The lowest BCUT2D eigenvalue weighted by atomic mass is 10.1. The van der Waals surface area contributed by atoms with E-state index in [2.05, 4.69) is 10.6 Å². The van der Waals surface area contributed by atoms with Crippen LogP contribution >= 0.6 is 11.8 Å². The fourth-order valence-electron chi connectivity index (χ4n) is 2.72. The van der Waals surface area contributed by atoms with E-state index in [0.717, 1.165) is 5.56 Å². The highest BCUT2D eigenvalue weighted by molar-refractivity contribution is 8.02. The van der Waals surface area contributed by atoms with E-state index in [1.165, 1.54) is 11.8 Å². The largest absolute Gasteiger partial charge is 0.444 e. The number of nitrogens with zero attached hydrogens (tertiary/aromatic N) is 1. The molecule has 2 unspecified atom stereocenters. The first-order chi connectivity index (χ1) is 13.8. The van der Waals surface area contributed by atoms with E-state index in [-0.39, 0.29) is 18.1 Å². The van der Waals surface area contributed by atoms with Crippen molar-refractivity contribution in [3.8, 4) is 0 Å². The smallest absolute Gasteiger partial charge is 0.409 e. The molecule has 2 atom stereocenters. The van der Waals surface area contributed by atoms with Gasteiger partial charge in [0.2, 0.25) is 0 Å². The molecule has 0 bridgehead atoms. The number of nitrogen functional groups attached to an aromatic ring is 1. The molecule has 1 aromatic carbocycles. The van der Waals surface area contributed by atoms with Crippen LogP contribution in [0.1, 0.15) is 53.1 Å². The van der Waals surface area contributed by atoms with Crippen LogP contribution in [0.25, 0.3) is 0 Å². The van der Waals surface area contributed by atoms with Gasteiger partial charge in [0, 0.05) is 18.4 Å². The maximum absolute atomic E-state index is 12.3. The quantitative estimate of drug-likeness (QED) is 0.595. The molecule has 0 saturated heterocycles. The Morgan fingerprint density at radius 1 is 1.07 bits per heavy atom. The Morgan fingerprint density at radius 3 is 2.20 bits per heavy atom. The van der Waals surface area contributed by atoms with Gasteiger partial charge in [-0.05, 0) is 64.6 Å². The second-order valence-corrected chi connectivity index (χ2v) is 9.92. The zero-order valence-electron chi connectivity index (χ0n) is 18.4. The molecule has 0 fully saturated rings. The second-order valence-electron chi connectivity index (χ2n) is 8.93. The van der Waals surface area contributed by atoms with Crippen molar-refractivity contribution in [2.75, 3.05) is 12.3 Å². The lowest BCUT2D eigenvalue weighted by Crippen LogP contribution is -2.47. The summed E-state index contributed by atoms with van der Waals surface area (Å²) in [5, 5.41) is 7.58. The lowest BCUT2D eigenvalue weighted by Gasteiger charge is -2.34. The Hall–Kier alpha value is -2.55. The highest BCUT2D eigenvalue weighted by atomic mass is 32.2. The van der Waals surface area contributed by atoms with Gasteiger partial charge in [0.1, 0.15) is 11.2 Å². The number of ether oxygens (including phenoxy) is 2. The first kappa shape index (κ1) is 23.7. The van der Waals surface area contributed by atoms with Crippen molar-refractivity contribution in [3.05, 3.63) is 41.4 Å². The Labute approximate surface area is 182 Å². The zero-order valence-corrected chi connectivity index (χ0v) is 19.2. The highest BCUT2D eigenvalue weighted by Gasteiger charge is 2.31. The average Bonchev–Trinajstić information content (AvgIpc) is 3.01. The van der Waals surface area contributed by atoms with Crippen LogP contribution in [0.3, 0.4) is 0 Å². The van der Waals surface area contributed by atoms with Crippen LogP contribution in [0.4, 0.5) is 15.3 Å². The Balaban J connectivity index is 2.16. The normalized spacial score (nSPS) is 17.4. The summed E-state index contributed by atoms with van der Waals surface area (Å²) in [5.41, 5.74) is 5.83. The summed E-state index contributed by atoms with van der Waals surface area (Å²) in [6.07, 6.45) is 0.866. The van der Waals surface area contributed by atoms with E-state index in [4.69, 9.17) is 15.2 Å². The molecule has 0 aliphatic carbocycles. The van der Waals surface area contributed by atoms with Gasteiger partial charge in [-0.3, -0.25) is 5.32 Å².